The second-order valence-electron chi connectivity index (χ2n) is 9.83. The fourth-order valence-electron chi connectivity index (χ4n) is 4.34. The Bertz CT molecular complexity index is 1120. The minimum Gasteiger partial charge on any atom is -0.480 e. The second kappa shape index (κ2) is 13.0. The van der Waals surface area contributed by atoms with Gasteiger partial charge in [-0.25, -0.2) is 0 Å². The van der Waals surface area contributed by atoms with Crippen LogP contribution < -0.4 is 11.1 Å². The Kier molecular flexibility index (Phi) is 9.83. The lowest BCUT2D eigenvalue weighted by molar-refractivity contribution is -0.138. The van der Waals surface area contributed by atoms with E-state index < -0.39 is 12.0 Å². The Morgan fingerprint density at radius 1 is 0.861 bits per heavy atom. The number of hydrogen-bond donors (Lipinski definition) is 3. The molecule has 0 aliphatic rings. The normalized spacial score (nSPS) is 12.8. The molecule has 2 atom stereocenters. The highest BCUT2D eigenvalue weighted by Gasteiger charge is 2.18. The molecule has 4 N–H and O–H groups in total. The predicted molar refractivity (Wildman–Crippen MR) is 146 cm³/mol. The van der Waals surface area contributed by atoms with Gasteiger partial charge in [-0.15, -0.1) is 0 Å². The van der Waals surface area contributed by atoms with E-state index in [2.05, 4.69) is 74.6 Å². The summed E-state index contributed by atoms with van der Waals surface area (Å²) in [7, 11) is 0. The van der Waals surface area contributed by atoms with Crippen LogP contribution in [0.5, 0.6) is 0 Å². The molecule has 3 aromatic carbocycles. The standard InChI is InChI=1S/C31H38N2O3/c1-4-5-6-22-7-11-24(12-8-22)25-15-17-26(18-16-25)28(21(2)3)20-33-30(34)27-13-9-23(10-14-27)19-29(32)31(35)36/h7-18,21,28-29H,4-6,19-20,32H2,1-3H3,(H,33,34)(H,35,36)/t28-,29+/m1/s1. The number of aryl methyl sites for hydroxylation is 1. The summed E-state index contributed by atoms with van der Waals surface area (Å²) in [5, 5.41) is 12.0. The third-order valence-corrected chi connectivity index (χ3v) is 6.72. The first-order valence-electron chi connectivity index (χ1n) is 12.8. The van der Waals surface area contributed by atoms with Gasteiger partial charge in [0.05, 0.1) is 0 Å². The Morgan fingerprint density at radius 2 is 1.42 bits per heavy atom. The van der Waals surface area contributed by atoms with E-state index in [9.17, 15) is 9.59 Å². The van der Waals surface area contributed by atoms with E-state index in [1.807, 2.05) is 0 Å². The molecule has 3 aromatic rings. The average molecular weight is 487 g/mol. The summed E-state index contributed by atoms with van der Waals surface area (Å²) in [6.45, 7) is 7.08. The minimum atomic E-state index is -1.04. The van der Waals surface area contributed by atoms with Crippen LogP contribution in [-0.2, 0) is 17.6 Å². The lowest BCUT2D eigenvalue weighted by atomic mass is 9.87. The number of carboxylic acid groups (broad SMARTS) is 1. The second-order valence-corrected chi connectivity index (χ2v) is 9.83. The van der Waals surface area contributed by atoms with Crippen molar-refractivity contribution >= 4 is 11.9 Å². The first-order valence-corrected chi connectivity index (χ1v) is 12.8. The zero-order valence-corrected chi connectivity index (χ0v) is 21.5. The van der Waals surface area contributed by atoms with E-state index in [-0.39, 0.29) is 18.2 Å². The maximum atomic E-state index is 12.7. The molecule has 0 radical (unpaired) electrons. The molecule has 0 unspecified atom stereocenters. The highest BCUT2D eigenvalue weighted by molar-refractivity contribution is 5.94. The van der Waals surface area contributed by atoms with Gasteiger partial charge in [-0.1, -0.05) is 87.9 Å². The van der Waals surface area contributed by atoms with Crippen LogP contribution in [-0.4, -0.2) is 29.6 Å². The molecular weight excluding hydrogens is 448 g/mol. The van der Waals surface area contributed by atoms with Gasteiger partial charge in [-0.3, -0.25) is 9.59 Å². The van der Waals surface area contributed by atoms with Gasteiger partial charge in [-0.05, 0) is 65.1 Å². The van der Waals surface area contributed by atoms with Crippen molar-refractivity contribution in [3.8, 4) is 11.1 Å². The molecule has 0 saturated heterocycles. The van der Waals surface area contributed by atoms with Gasteiger partial charge in [0.1, 0.15) is 6.04 Å². The number of unbranched alkanes of at least 4 members (excludes halogenated alkanes) is 1. The quantitative estimate of drug-likeness (QED) is 0.301. The van der Waals surface area contributed by atoms with E-state index in [4.69, 9.17) is 10.8 Å². The number of carbonyl (C=O) groups excluding carboxylic acids is 1. The smallest absolute Gasteiger partial charge is 0.320 e. The molecule has 0 spiro atoms. The zero-order chi connectivity index (χ0) is 26.1. The summed E-state index contributed by atoms with van der Waals surface area (Å²) < 4.78 is 0. The molecule has 0 fully saturated rings. The number of rotatable bonds is 12. The zero-order valence-electron chi connectivity index (χ0n) is 21.5. The molecular formula is C31H38N2O3. The number of nitrogens with one attached hydrogen (secondary N) is 1. The van der Waals surface area contributed by atoms with Crippen LogP contribution in [0.25, 0.3) is 11.1 Å². The van der Waals surface area contributed by atoms with Crippen LogP contribution in [0.2, 0.25) is 0 Å². The molecule has 0 aliphatic heterocycles. The molecule has 0 heterocycles. The first-order chi connectivity index (χ1) is 17.3. The van der Waals surface area contributed by atoms with E-state index in [0.717, 1.165) is 12.0 Å². The Labute approximate surface area is 214 Å². The van der Waals surface area contributed by atoms with E-state index in [1.165, 1.54) is 35.1 Å². The van der Waals surface area contributed by atoms with Crippen LogP contribution >= 0.6 is 0 Å². The summed E-state index contributed by atoms with van der Waals surface area (Å²) in [5.41, 5.74) is 11.9. The number of hydrogen-bond acceptors (Lipinski definition) is 3. The van der Waals surface area contributed by atoms with Crippen molar-refractivity contribution < 1.29 is 14.7 Å². The van der Waals surface area contributed by atoms with Gasteiger partial charge in [0.15, 0.2) is 0 Å². The highest BCUT2D eigenvalue weighted by Crippen LogP contribution is 2.27. The highest BCUT2D eigenvalue weighted by atomic mass is 16.4. The molecule has 190 valence electrons. The molecule has 0 bridgehead atoms. The van der Waals surface area contributed by atoms with Crippen molar-refractivity contribution in [2.45, 2.75) is 58.4 Å². The van der Waals surface area contributed by atoms with Crippen molar-refractivity contribution in [2.75, 3.05) is 6.54 Å². The summed E-state index contributed by atoms with van der Waals surface area (Å²) in [6, 6.07) is 23.5. The third kappa shape index (κ3) is 7.53. The molecule has 0 aromatic heterocycles. The topological polar surface area (TPSA) is 92.4 Å². The Hall–Kier alpha value is -3.44. The van der Waals surface area contributed by atoms with Gasteiger partial charge < -0.3 is 16.2 Å². The number of nitrogens with two attached hydrogens (primary N) is 1. The Balaban J connectivity index is 1.61. The largest absolute Gasteiger partial charge is 0.480 e. The number of aliphatic carboxylic acids is 1. The summed E-state index contributed by atoms with van der Waals surface area (Å²) in [4.78, 5) is 23.7. The SMILES string of the molecule is CCCCc1ccc(-c2ccc([C@H](CNC(=O)c3ccc(C[C@H](N)C(=O)O)cc3)C(C)C)cc2)cc1. The van der Waals surface area contributed by atoms with Gasteiger partial charge in [0.25, 0.3) is 5.91 Å². The summed E-state index contributed by atoms with van der Waals surface area (Å²) >= 11 is 0. The van der Waals surface area contributed by atoms with Crippen LogP contribution in [0, 0.1) is 5.92 Å². The van der Waals surface area contributed by atoms with Gasteiger partial charge in [0.2, 0.25) is 0 Å². The lowest BCUT2D eigenvalue weighted by Gasteiger charge is -2.22. The number of benzene rings is 3. The molecule has 5 nitrogen and oxygen atoms in total. The van der Waals surface area contributed by atoms with Crippen LogP contribution in [0.3, 0.4) is 0 Å². The summed E-state index contributed by atoms with van der Waals surface area (Å²) in [6.07, 6.45) is 3.77. The van der Waals surface area contributed by atoms with Crippen molar-refractivity contribution in [3.05, 3.63) is 95.1 Å². The maximum Gasteiger partial charge on any atom is 0.320 e. The van der Waals surface area contributed by atoms with E-state index >= 15 is 0 Å². The molecule has 3 rings (SSSR count). The molecule has 0 saturated carbocycles. The fraction of sp³-hybridized carbons (Fsp3) is 0.355. The Morgan fingerprint density at radius 3 is 1.94 bits per heavy atom. The van der Waals surface area contributed by atoms with Gasteiger partial charge in [0, 0.05) is 18.0 Å². The number of amides is 1. The van der Waals surface area contributed by atoms with Crippen molar-refractivity contribution in [3.63, 3.8) is 0 Å². The maximum absolute atomic E-state index is 12.7. The molecule has 36 heavy (non-hydrogen) atoms. The third-order valence-electron chi connectivity index (χ3n) is 6.72. The van der Waals surface area contributed by atoms with Gasteiger partial charge >= 0.3 is 5.97 Å². The molecule has 5 heteroatoms. The van der Waals surface area contributed by atoms with Crippen molar-refractivity contribution in [2.24, 2.45) is 11.7 Å². The summed E-state index contributed by atoms with van der Waals surface area (Å²) in [5.74, 6) is -0.638. The van der Waals surface area contributed by atoms with Gasteiger partial charge in [-0.2, -0.15) is 0 Å². The number of carboxylic acids is 1. The minimum absolute atomic E-state index is 0.144. The average Bonchev–Trinajstić information content (AvgIpc) is 2.88. The van der Waals surface area contributed by atoms with Crippen molar-refractivity contribution in [1.82, 2.24) is 5.32 Å². The van der Waals surface area contributed by atoms with Crippen molar-refractivity contribution in [1.29, 1.82) is 0 Å². The van der Waals surface area contributed by atoms with Crippen LogP contribution in [0.15, 0.2) is 72.8 Å². The fourth-order valence-corrected chi connectivity index (χ4v) is 4.34. The number of carbonyl (C=O) groups is 2. The van der Waals surface area contributed by atoms with Crippen LogP contribution in [0.1, 0.15) is 66.6 Å². The van der Waals surface area contributed by atoms with E-state index in [0.29, 0.717) is 18.0 Å². The lowest BCUT2D eigenvalue weighted by Crippen LogP contribution is -2.32. The predicted octanol–water partition coefficient (Wildman–Crippen LogP) is 5.82. The molecule has 1 amide bonds. The van der Waals surface area contributed by atoms with Crippen LogP contribution in [0.4, 0.5) is 0 Å². The molecule has 0 aliphatic carbocycles. The first kappa shape index (κ1) is 27.2. The van der Waals surface area contributed by atoms with E-state index in [1.54, 1.807) is 24.3 Å². The monoisotopic (exact) mass is 486 g/mol.